The van der Waals surface area contributed by atoms with Crippen LogP contribution < -0.4 is 4.74 Å². The number of carbonyl (C=O) groups is 1. The highest BCUT2D eigenvalue weighted by Crippen LogP contribution is 2.18. The van der Waals surface area contributed by atoms with Crippen molar-refractivity contribution in [1.82, 2.24) is 14.5 Å². The highest BCUT2D eigenvalue weighted by atomic mass is 19.3. The summed E-state index contributed by atoms with van der Waals surface area (Å²) in [6, 6.07) is 6.29. The number of alkyl halides is 2. The molecule has 0 N–H and O–H groups in total. The van der Waals surface area contributed by atoms with Crippen LogP contribution in [-0.4, -0.2) is 40.6 Å². The summed E-state index contributed by atoms with van der Waals surface area (Å²) in [4.78, 5) is 18.3. The SMILES string of the molecule is CN(Cc1cccc(OC(F)F)c1)C(=O)c1cn2c(n1)COCC2. The molecule has 0 fully saturated rings. The second kappa shape index (κ2) is 6.96. The van der Waals surface area contributed by atoms with Crippen LogP contribution in [0.2, 0.25) is 0 Å². The van der Waals surface area contributed by atoms with Crippen LogP contribution in [0.1, 0.15) is 21.9 Å². The molecule has 3 rings (SSSR count). The molecule has 0 atom stereocenters. The van der Waals surface area contributed by atoms with Gasteiger partial charge in [0.1, 0.15) is 23.9 Å². The van der Waals surface area contributed by atoms with Crippen molar-refractivity contribution < 1.29 is 23.0 Å². The van der Waals surface area contributed by atoms with Crippen LogP contribution in [0.3, 0.4) is 0 Å². The Morgan fingerprint density at radius 1 is 1.50 bits per heavy atom. The Labute approximate surface area is 137 Å². The van der Waals surface area contributed by atoms with E-state index in [2.05, 4.69) is 9.72 Å². The van der Waals surface area contributed by atoms with Gasteiger partial charge in [-0.1, -0.05) is 12.1 Å². The molecule has 8 heteroatoms. The number of imidazole rings is 1. The summed E-state index contributed by atoms with van der Waals surface area (Å²) in [5, 5.41) is 0. The summed E-state index contributed by atoms with van der Waals surface area (Å²) in [5.41, 5.74) is 1.04. The third kappa shape index (κ3) is 3.70. The molecule has 0 unspecified atom stereocenters. The van der Waals surface area contributed by atoms with Gasteiger partial charge in [0.2, 0.25) is 0 Å². The lowest BCUT2D eigenvalue weighted by atomic mass is 10.2. The van der Waals surface area contributed by atoms with E-state index in [-0.39, 0.29) is 18.2 Å². The van der Waals surface area contributed by atoms with Crippen molar-refractivity contribution in [3.05, 3.63) is 47.5 Å². The van der Waals surface area contributed by atoms with E-state index in [1.54, 1.807) is 25.4 Å². The summed E-state index contributed by atoms with van der Waals surface area (Å²) in [5.74, 6) is 0.556. The highest BCUT2D eigenvalue weighted by molar-refractivity contribution is 5.92. The summed E-state index contributed by atoms with van der Waals surface area (Å²) >= 11 is 0. The maximum atomic E-state index is 12.5. The molecular formula is C16H17F2N3O3. The van der Waals surface area contributed by atoms with Crippen LogP contribution in [0.15, 0.2) is 30.5 Å². The fraction of sp³-hybridized carbons (Fsp3) is 0.375. The number of benzene rings is 1. The second-order valence-electron chi connectivity index (χ2n) is 5.48. The highest BCUT2D eigenvalue weighted by Gasteiger charge is 2.20. The van der Waals surface area contributed by atoms with Crippen LogP contribution in [0.25, 0.3) is 0 Å². The number of fused-ring (bicyclic) bond motifs is 1. The summed E-state index contributed by atoms with van der Waals surface area (Å²) in [6.45, 7) is -0.948. The average molecular weight is 337 g/mol. The number of halogens is 2. The number of nitrogens with zero attached hydrogens (tertiary/aromatic N) is 3. The molecule has 1 aliphatic heterocycles. The molecule has 6 nitrogen and oxygen atoms in total. The first-order chi connectivity index (χ1) is 11.5. The van der Waals surface area contributed by atoms with Gasteiger partial charge in [-0.25, -0.2) is 4.98 Å². The minimum atomic E-state index is -2.88. The summed E-state index contributed by atoms with van der Waals surface area (Å²) < 4.78 is 36.1. The molecule has 2 aromatic rings. The number of carbonyl (C=O) groups excluding carboxylic acids is 1. The molecule has 1 aromatic carbocycles. The molecule has 0 radical (unpaired) electrons. The van der Waals surface area contributed by atoms with Crippen molar-refractivity contribution in [2.45, 2.75) is 26.3 Å². The van der Waals surface area contributed by atoms with Crippen molar-refractivity contribution in [3.8, 4) is 5.75 Å². The van der Waals surface area contributed by atoms with Crippen molar-refractivity contribution in [1.29, 1.82) is 0 Å². The zero-order valence-corrected chi connectivity index (χ0v) is 13.1. The van der Waals surface area contributed by atoms with Crippen LogP contribution in [0.4, 0.5) is 8.78 Å². The molecule has 0 saturated heterocycles. The Morgan fingerprint density at radius 3 is 3.08 bits per heavy atom. The Kier molecular flexibility index (Phi) is 4.75. The summed E-state index contributed by atoms with van der Waals surface area (Å²) in [6.07, 6.45) is 1.72. The van der Waals surface area contributed by atoms with E-state index in [9.17, 15) is 13.6 Å². The fourth-order valence-electron chi connectivity index (χ4n) is 2.55. The second-order valence-corrected chi connectivity index (χ2v) is 5.48. The smallest absolute Gasteiger partial charge is 0.387 e. The first-order valence-electron chi connectivity index (χ1n) is 7.46. The average Bonchev–Trinajstić information content (AvgIpc) is 2.97. The van der Waals surface area contributed by atoms with Gasteiger partial charge in [-0.05, 0) is 17.7 Å². The van der Waals surface area contributed by atoms with E-state index in [1.807, 2.05) is 4.57 Å². The standard InChI is InChI=1S/C16H17F2N3O3/c1-20(8-11-3-2-4-12(7-11)24-16(17)18)15(22)13-9-21-5-6-23-10-14(21)19-13/h2-4,7,9,16H,5-6,8,10H2,1H3. The largest absolute Gasteiger partial charge is 0.435 e. The third-order valence-electron chi connectivity index (χ3n) is 3.68. The van der Waals surface area contributed by atoms with E-state index >= 15 is 0 Å². The first-order valence-corrected chi connectivity index (χ1v) is 7.46. The van der Waals surface area contributed by atoms with Gasteiger partial charge in [0.05, 0.1) is 6.61 Å². The molecule has 0 bridgehead atoms. The van der Waals surface area contributed by atoms with Gasteiger partial charge >= 0.3 is 6.61 Å². The van der Waals surface area contributed by atoms with E-state index in [0.717, 1.165) is 5.82 Å². The zero-order chi connectivity index (χ0) is 17.1. The lowest BCUT2D eigenvalue weighted by Gasteiger charge is -2.16. The van der Waals surface area contributed by atoms with Crippen LogP contribution in [0, 0.1) is 0 Å². The Hall–Kier alpha value is -2.48. The predicted molar refractivity (Wildman–Crippen MR) is 80.8 cm³/mol. The van der Waals surface area contributed by atoms with Crippen molar-refractivity contribution in [3.63, 3.8) is 0 Å². The Balaban J connectivity index is 1.69. The molecule has 24 heavy (non-hydrogen) atoms. The van der Waals surface area contributed by atoms with E-state index in [0.29, 0.717) is 31.0 Å². The predicted octanol–water partition coefficient (Wildman–Crippen LogP) is 2.29. The topological polar surface area (TPSA) is 56.6 Å². The lowest BCUT2D eigenvalue weighted by molar-refractivity contribution is -0.0499. The minimum absolute atomic E-state index is 0.0675. The van der Waals surface area contributed by atoms with Gasteiger partial charge in [0.15, 0.2) is 0 Å². The van der Waals surface area contributed by atoms with E-state index < -0.39 is 6.61 Å². The molecule has 1 aliphatic rings. The normalized spacial score (nSPS) is 13.7. The Morgan fingerprint density at radius 2 is 2.33 bits per heavy atom. The van der Waals surface area contributed by atoms with Crippen LogP contribution in [-0.2, 0) is 24.4 Å². The zero-order valence-electron chi connectivity index (χ0n) is 13.1. The number of rotatable bonds is 5. The van der Waals surface area contributed by atoms with Crippen molar-refractivity contribution >= 4 is 5.91 Å². The number of ether oxygens (including phenoxy) is 2. The van der Waals surface area contributed by atoms with Crippen molar-refractivity contribution in [2.24, 2.45) is 0 Å². The third-order valence-corrected chi connectivity index (χ3v) is 3.68. The summed E-state index contributed by atoms with van der Waals surface area (Å²) in [7, 11) is 1.64. The molecule has 1 aromatic heterocycles. The molecule has 0 saturated carbocycles. The van der Waals surface area contributed by atoms with Gasteiger partial charge in [-0.15, -0.1) is 0 Å². The molecular weight excluding hydrogens is 320 g/mol. The quantitative estimate of drug-likeness (QED) is 0.840. The molecule has 2 heterocycles. The number of hydrogen-bond donors (Lipinski definition) is 0. The first kappa shape index (κ1) is 16.4. The van der Waals surface area contributed by atoms with Crippen LogP contribution >= 0.6 is 0 Å². The van der Waals surface area contributed by atoms with E-state index in [4.69, 9.17) is 4.74 Å². The number of aromatic nitrogens is 2. The van der Waals surface area contributed by atoms with Gasteiger partial charge in [0, 0.05) is 26.3 Å². The molecule has 0 spiro atoms. The van der Waals surface area contributed by atoms with Gasteiger partial charge in [-0.3, -0.25) is 4.79 Å². The van der Waals surface area contributed by atoms with Gasteiger partial charge in [-0.2, -0.15) is 8.78 Å². The number of hydrogen-bond acceptors (Lipinski definition) is 4. The van der Waals surface area contributed by atoms with Crippen molar-refractivity contribution in [2.75, 3.05) is 13.7 Å². The monoisotopic (exact) mass is 337 g/mol. The van der Waals surface area contributed by atoms with Gasteiger partial charge < -0.3 is 18.9 Å². The maximum absolute atomic E-state index is 12.5. The minimum Gasteiger partial charge on any atom is -0.435 e. The lowest BCUT2D eigenvalue weighted by Crippen LogP contribution is -2.26. The van der Waals surface area contributed by atoms with Crippen LogP contribution in [0.5, 0.6) is 5.75 Å². The molecule has 128 valence electrons. The van der Waals surface area contributed by atoms with E-state index in [1.165, 1.54) is 17.0 Å². The molecule has 1 amide bonds. The number of amides is 1. The van der Waals surface area contributed by atoms with Gasteiger partial charge in [0.25, 0.3) is 5.91 Å². The Bertz CT molecular complexity index is 710. The fourth-order valence-corrected chi connectivity index (χ4v) is 2.55. The molecule has 0 aliphatic carbocycles. The maximum Gasteiger partial charge on any atom is 0.387 e.